The van der Waals surface area contributed by atoms with Crippen LogP contribution in [-0.2, 0) is 0 Å². The molecule has 23 heavy (non-hydrogen) atoms. The average Bonchev–Trinajstić information content (AvgIpc) is 2.92. The summed E-state index contributed by atoms with van der Waals surface area (Å²) < 4.78 is 5.77. The minimum Gasteiger partial charge on any atom is -0.474 e. The van der Waals surface area contributed by atoms with Crippen LogP contribution in [0.15, 0.2) is 18.3 Å². The molecule has 2 heterocycles. The van der Waals surface area contributed by atoms with Gasteiger partial charge in [0.25, 0.3) is 0 Å². The van der Waals surface area contributed by atoms with E-state index in [2.05, 4.69) is 21.4 Å². The second-order valence-corrected chi connectivity index (χ2v) is 6.30. The molecule has 0 bridgehead atoms. The van der Waals surface area contributed by atoms with Gasteiger partial charge in [0.15, 0.2) is 0 Å². The summed E-state index contributed by atoms with van der Waals surface area (Å²) in [6, 6.07) is 6.35. The molecule has 1 unspecified atom stereocenters. The number of fused-ring (bicyclic) bond motifs is 1. The van der Waals surface area contributed by atoms with Gasteiger partial charge in [-0.3, -0.25) is 0 Å². The van der Waals surface area contributed by atoms with E-state index in [0.717, 1.165) is 35.9 Å². The summed E-state index contributed by atoms with van der Waals surface area (Å²) in [5.41, 5.74) is 6.29. The number of ether oxygens (including phenoxy) is 1. The predicted octanol–water partition coefficient (Wildman–Crippen LogP) is 2.58. The van der Waals surface area contributed by atoms with E-state index in [-0.39, 0.29) is 12.1 Å². The average molecular weight is 311 g/mol. The maximum atomic E-state index is 9.11. The lowest BCUT2D eigenvalue weighted by Crippen LogP contribution is -2.21. The van der Waals surface area contributed by atoms with Crippen LogP contribution in [0, 0.1) is 11.3 Å². The van der Waals surface area contributed by atoms with E-state index in [1.165, 1.54) is 0 Å². The number of nitrogens with one attached hydrogen (secondary N) is 1. The Labute approximate surface area is 135 Å². The minimum absolute atomic E-state index is 0.0166. The topological polar surface area (TPSA) is 96.8 Å². The molecule has 1 aliphatic rings. The van der Waals surface area contributed by atoms with Crippen LogP contribution >= 0.6 is 0 Å². The molecule has 120 valence electrons. The maximum Gasteiger partial charge on any atom is 0.223 e. The number of pyridine rings is 2. The summed E-state index contributed by atoms with van der Waals surface area (Å²) in [6.45, 7) is 3.87. The molecule has 3 N–H and O–H groups in total. The monoisotopic (exact) mass is 311 g/mol. The van der Waals surface area contributed by atoms with Gasteiger partial charge in [-0.15, -0.1) is 0 Å². The predicted molar refractivity (Wildman–Crippen MR) is 89.3 cm³/mol. The van der Waals surface area contributed by atoms with Crippen molar-refractivity contribution >= 4 is 16.6 Å². The van der Waals surface area contributed by atoms with E-state index in [1.54, 1.807) is 12.3 Å². The van der Waals surface area contributed by atoms with Crippen LogP contribution in [0.2, 0.25) is 0 Å². The molecule has 2 aromatic rings. The van der Waals surface area contributed by atoms with Gasteiger partial charge in [-0.1, -0.05) is 0 Å². The number of nitrogens with two attached hydrogens (primary N) is 1. The van der Waals surface area contributed by atoms with Gasteiger partial charge in [-0.05, 0) is 45.2 Å². The lowest BCUT2D eigenvalue weighted by Gasteiger charge is -2.15. The van der Waals surface area contributed by atoms with Gasteiger partial charge >= 0.3 is 0 Å². The molecule has 0 radical (unpaired) electrons. The molecule has 6 nitrogen and oxygen atoms in total. The van der Waals surface area contributed by atoms with Crippen molar-refractivity contribution in [2.45, 2.75) is 51.3 Å². The number of aromatic nitrogens is 2. The van der Waals surface area contributed by atoms with Gasteiger partial charge in [0.2, 0.25) is 5.88 Å². The Morgan fingerprint density at radius 3 is 2.87 bits per heavy atom. The second kappa shape index (κ2) is 6.39. The normalized spacial score (nSPS) is 20.7. The SMILES string of the molecule is CC(C)Oc1nc(C#N)cc2cnc(NC3CC[C@H](N)C3)cc12. The quantitative estimate of drug-likeness (QED) is 0.900. The Morgan fingerprint density at radius 2 is 2.22 bits per heavy atom. The molecule has 0 spiro atoms. The fourth-order valence-corrected chi connectivity index (χ4v) is 2.92. The summed E-state index contributed by atoms with van der Waals surface area (Å²) >= 11 is 0. The molecule has 1 fully saturated rings. The van der Waals surface area contributed by atoms with Crippen LogP contribution in [-0.4, -0.2) is 28.2 Å². The van der Waals surface area contributed by atoms with Gasteiger partial charge < -0.3 is 15.8 Å². The van der Waals surface area contributed by atoms with Crippen LogP contribution in [0.5, 0.6) is 5.88 Å². The summed E-state index contributed by atoms with van der Waals surface area (Å²) in [4.78, 5) is 8.73. The third-order valence-electron chi connectivity index (χ3n) is 3.97. The third-order valence-corrected chi connectivity index (χ3v) is 3.97. The standard InChI is InChI=1S/C17H21N5O/c1-10(2)23-17-15-7-16(21-13-4-3-12(19)6-13)20-9-11(15)5-14(8-18)22-17/h5,7,9-10,12-13H,3-4,6,19H2,1-2H3,(H,20,21)/t12-,13?/m0/s1. The smallest absolute Gasteiger partial charge is 0.223 e. The van der Waals surface area contributed by atoms with Gasteiger partial charge in [-0.2, -0.15) is 5.26 Å². The Balaban J connectivity index is 1.95. The van der Waals surface area contributed by atoms with Crippen LogP contribution in [0.1, 0.15) is 38.8 Å². The number of nitrogens with zero attached hydrogens (tertiary/aromatic N) is 3. The Bertz CT molecular complexity index is 752. The molecule has 6 heteroatoms. The van der Waals surface area contributed by atoms with Crippen molar-refractivity contribution in [2.24, 2.45) is 5.73 Å². The van der Waals surface area contributed by atoms with Crippen molar-refractivity contribution in [3.05, 3.63) is 24.0 Å². The highest BCUT2D eigenvalue weighted by molar-refractivity contribution is 5.89. The van der Waals surface area contributed by atoms with Crippen molar-refractivity contribution in [3.63, 3.8) is 0 Å². The molecule has 3 rings (SSSR count). The van der Waals surface area contributed by atoms with Crippen LogP contribution in [0.25, 0.3) is 10.8 Å². The highest BCUT2D eigenvalue weighted by atomic mass is 16.5. The van der Waals surface area contributed by atoms with Crippen molar-refractivity contribution in [3.8, 4) is 11.9 Å². The number of hydrogen-bond acceptors (Lipinski definition) is 6. The molecule has 2 aromatic heterocycles. The van der Waals surface area contributed by atoms with Crippen molar-refractivity contribution in [2.75, 3.05) is 5.32 Å². The summed E-state index contributed by atoms with van der Waals surface area (Å²) in [7, 11) is 0. The first-order valence-electron chi connectivity index (χ1n) is 7.95. The fraction of sp³-hybridized carbons (Fsp3) is 0.471. The first-order valence-corrected chi connectivity index (χ1v) is 7.95. The van der Waals surface area contributed by atoms with Gasteiger partial charge in [0.1, 0.15) is 17.6 Å². The number of hydrogen-bond donors (Lipinski definition) is 2. The van der Waals surface area contributed by atoms with E-state index < -0.39 is 0 Å². The van der Waals surface area contributed by atoms with Crippen LogP contribution in [0.4, 0.5) is 5.82 Å². The van der Waals surface area contributed by atoms with E-state index in [4.69, 9.17) is 15.7 Å². The molecule has 0 aromatic carbocycles. The zero-order valence-corrected chi connectivity index (χ0v) is 13.4. The first kappa shape index (κ1) is 15.5. The van der Waals surface area contributed by atoms with Gasteiger partial charge in [-0.25, -0.2) is 9.97 Å². The fourth-order valence-electron chi connectivity index (χ4n) is 2.92. The highest BCUT2D eigenvalue weighted by Gasteiger charge is 2.22. The number of nitriles is 1. The second-order valence-electron chi connectivity index (χ2n) is 6.30. The summed E-state index contributed by atoms with van der Waals surface area (Å²) in [5, 5.41) is 14.3. The number of rotatable bonds is 4. The van der Waals surface area contributed by atoms with Gasteiger partial charge in [0.05, 0.1) is 6.10 Å². The first-order chi connectivity index (χ1) is 11.0. The Morgan fingerprint density at radius 1 is 1.39 bits per heavy atom. The molecule has 2 atom stereocenters. The molecular formula is C17H21N5O. The highest BCUT2D eigenvalue weighted by Crippen LogP contribution is 2.28. The largest absolute Gasteiger partial charge is 0.474 e. The molecule has 0 saturated heterocycles. The minimum atomic E-state index is -0.0166. The third kappa shape index (κ3) is 3.51. The van der Waals surface area contributed by atoms with Crippen molar-refractivity contribution in [1.29, 1.82) is 5.26 Å². The van der Waals surface area contributed by atoms with E-state index >= 15 is 0 Å². The van der Waals surface area contributed by atoms with E-state index in [9.17, 15) is 0 Å². The molecule has 0 aliphatic heterocycles. The van der Waals surface area contributed by atoms with E-state index in [0.29, 0.717) is 17.6 Å². The number of anilines is 1. The molecule has 1 aliphatic carbocycles. The molecular weight excluding hydrogens is 290 g/mol. The molecule has 1 saturated carbocycles. The zero-order chi connectivity index (χ0) is 16.4. The maximum absolute atomic E-state index is 9.11. The van der Waals surface area contributed by atoms with Gasteiger partial charge in [0, 0.05) is 29.1 Å². The summed E-state index contributed by atoms with van der Waals surface area (Å²) in [5.74, 6) is 1.26. The Hall–Kier alpha value is -2.39. The van der Waals surface area contributed by atoms with Crippen LogP contribution in [0.3, 0.4) is 0 Å². The van der Waals surface area contributed by atoms with Crippen LogP contribution < -0.4 is 15.8 Å². The lowest BCUT2D eigenvalue weighted by atomic mass is 10.2. The lowest BCUT2D eigenvalue weighted by molar-refractivity contribution is 0.236. The van der Waals surface area contributed by atoms with E-state index in [1.807, 2.05) is 19.9 Å². The molecule has 0 amide bonds. The zero-order valence-electron chi connectivity index (χ0n) is 13.4. The Kier molecular flexibility index (Phi) is 4.30. The van der Waals surface area contributed by atoms with Crippen molar-refractivity contribution in [1.82, 2.24) is 9.97 Å². The van der Waals surface area contributed by atoms with Crippen molar-refractivity contribution < 1.29 is 4.74 Å². The summed E-state index contributed by atoms with van der Waals surface area (Å²) in [6.07, 6.45) is 4.79.